The summed E-state index contributed by atoms with van der Waals surface area (Å²) < 4.78 is 12.6. The molecule has 0 aliphatic rings. The van der Waals surface area contributed by atoms with Gasteiger partial charge in [0.2, 0.25) is 0 Å². The number of hydrogen-bond acceptors (Lipinski definition) is 7. The lowest BCUT2D eigenvalue weighted by Gasteiger charge is -2.15. The molecular weight excluding hydrogens is 424 g/mol. The zero-order valence-electron chi connectivity index (χ0n) is 17.2. The third-order valence-electron chi connectivity index (χ3n) is 4.83. The second-order valence-corrected chi connectivity index (χ2v) is 7.98. The SMILES string of the molecule is CCOCOCc1sc2c(c1C)c(=O)n(CC(=O)O)c(=O)n2CC(O)c1ccccc1. The predicted molar refractivity (Wildman–Crippen MR) is 115 cm³/mol. The van der Waals surface area contributed by atoms with E-state index in [1.54, 1.807) is 31.2 Å². The highest BCUT2D eigenvalue weighted by Gasteiger charge is 2.22. The number of carboxylic acid groups (broad SMARTS) is 1. The summed E-state index contributed by atoms with van der Waals surface area (Å²) in [4.78, 5) is 38.4. The number of aliphatic hydroxyl groups excluding tert-OH is 1. The number of aryl methyl sites for hydroxylation is 1. The average molecular weight is 448 g/mol. The molecule has 0 saturated carbocycles. The number of fused-ring (bicyclic) bond motifs is 1. The van der Waals surface area contributed by atoms with Crippen molar-refractivity contribution in [3.8, 4) is 0 Å². The molecule has 3 rings (SSSR count). The van der Waals surface area contributed by atoms with Gasteiger partial charge in [-0.05, 0) is 25.0 Å². The van der Waals surface area contributed by atoms with Crippen LogP contribution in [0.25, 0.3) is 10.2 Å². The number of aromatic nitrogens is 2. The molecule has 1 unspecified atom stereocenters. The lowest BCUT2D eigenvalue weighted by molar-refractivity contribution is -0.137. The van der Waals surface area contributed by atoms with Gasteiger partial charge in [0.15, 0.2) is 0 Å². The van der Waals surface area contributed by atoms with Crippen molar-refractivity contribution in [2.75, 3.05) is 13.4 Å². The van der Waals surface area contributed by atoms with Crippen LogP contribution in [0.5, 0.6) is 0 Å². The van der Waals surface area contributed by atoms with Gasteiger partial charge in [-0.25, -0.2) is 9.36 Å². The predicted octanol–water partition coefficient (Wildman–Crippen LogP) is 1.86. The van der Waals surface area contributed by atoms with Gasteiger partial charge in [-0.2, -0.15) is 0 Å². The summed E-state index contributed by atoms with van der Waals surface area (Å²) in [5.41, 5.74) is -0.230. The number of benzene rings is 1. The summed E-state index contributed by atoms with van der Waals surface area (Å²) in [7, 11) is 0. The number of thiophene rings is 1. The summed E-state index contributed by atoms with van der Waals surface area (Å²) >= 11 is 1.21. The van der Waals surface area contributed by atoms with E-state index in [0.29, 0.717) is 27.1 Å². The molecule has 2 N–H and O–H groups in total. The summed E-state index contributed by atoms with van der Waals surface area (Å²) in [6.45, 7) is 3.45. The van der Waals surface area contributed by atoms with E-state index in [1.165, 1.54) is 15.9 Å². The lowest BCUT2D eigenvalue weighted by atomic mass is 10.1. The van der Waals surface area contributed by atoms with Crippen LogP contribution in [0.4, 0.5) is 0 Å². The Hall–Kier alpha value is -2.79. The molecule has 0 aliphatic heterocycles. The van der Waals surface area contributed by atoms with E-state index >= 15 is 0 Å². The van der Waals surface area contributed by atoms with Crippen LogP contribution >= 0.6 is 11.3 Å². The van der Waals surface area contributed by atoms with Gasteiger partial charge in [0, 0.05) is 11.5 Å². The standard InChI is InChI=1S/C21H24N2O7S/c1-3-29-12-30-11-16-13(2)18-19(27)22(10-17(25)26)21(28)23(20(18)31-16)9-15(24)14-7-5-4-6-8-14/h4-8,15,24H,3,9-12H2,1-2H3,(H,25,26). The molecule has 31 heavy (non-hydrogen) atoms. The highest BCUT2D eigenvalue weighted by molar-refractivity contribution is 7.18. The van der Waals surface area contributed by atoms with E-state index in [9.17, 15) is 24.6 Å². The Labute approximate surface area is 181 Å². The monoisotopic (exact) mass is 448 g/mol. The third-order valence-corrected chi connectivity index (χ3v) is 6.12. The van der Waals surface area contributed by atoms with Gasteiger partial charge in [0.1, 0.15) is 18.2 Å². The van der Waals surface area contributed by atoms with E-state index in [1.807, 2.05) is 13.0 Å². The number of nitrogens with zero attached hydrogens (tertiary/aromatic N) is 2. The topological polar surface area (TPSA) is 120 Å². The Bertz CT molecular complexity index is 1180. The fraction of sp³-hybridized carbons (Fsp3) is 0.381. The molecule has 2 heterocycles. The van der Waals surface area contributed by atoms with Crippen molar-refractivity contribution in [1.29, 1.82) is 0 Å². The van der Waals surface area contributed by atoms with Crippen LogP contribution in [-0.4, -0.2) is 38.7 Å². The Morgan fingerprint density at radius 2 is 1.87 bits per heavy atom. The normalized spacial score (nSPS) is 12.4. The molecule has 9 nitrogen and oxygen atoms in total. The molecule has 0 fully saturated rings. The van der Waals surface area contributed by atoms with Gasteiger partial charge in [-0.3, -0.25) is 14.2 Å². The molecule has 10 heteroatoms. The van der Waals surface area contributed by atoms with E-state index in [0.717, 1.165) is 4.88 Å². The van der Waals surface area contributed by atoms with Gasteiger partial charge in [-0.1, -0.05) is 30.3 Å². The van der Waals surface area contributed by atoms with Crippen molar-refractivity contribution in [2.45, 2.75) is 39.6 Å². The van der Waals surface area contributed by atoms with Crippen molar-refractivity contribution in [3.63, 3.8) is 0 Å². The number of hydrogen-bond donors (Lipinski definition) is 2. The first-order valence-corrected chi connectivity index (χ1v) is 10.5. The van der Waals surface area contributed by atoms with Crippen LogP contribution in [0.1, 0.15) is 29.0 Å². The van der Waals surface area contributed by atoms with E-state index in [2.05, 4.69) is 0 Å². The minimum atomic E-state index is -1.30. The average Bonchev–Trinajstić information content (AvgIpc) is 3.08. The molecule has 0 aliphatic carbocycles. The Kier molecular flexibility index (Phi) is 7.39. The first-order valence-electron chi connectivity index (χ1n) is 9.71. The van der Waals surface area contributed by atoms with Gasteiger partial charge < -0.3 is 19.7 Å². The van der Waals surface area contributed by atoms with Crippen LogP contribution in [0.2, 0.25) is 0 Å². The molecule has 1 aromatic carbocycles. The van der Waals surface area contributed by atoms with Crippen molar-refractivity contribution in [1.82, 2.24) is 9.13 Å². The van der Waals surface area contributed by atoms with Gasteiger partial charge in [0.05, 0.1) is 24.6 Å². The second-order valence-electron chi connectivity index (χ2n) is 6.89. The molecule has 1 atom stereocenters. The van der Waals surface area contributed by atoms with Crippen molar-refractivity contribution >= 4 is 27.5 Å². The number of rotatable bonds is 10. The second kappa shape index (κ2) is 10.0. The summed E-state index contributed by atoms with van der Waals surface area (Å²) in [6, 6.07) is 8.81. The Balaban J connectivity index is 2.12. The smallest absolute Gasteiger partial charge is 0.332 e. The summed E-state index contributed by atoms with van der Waals surface area (Å²) in [5, 5.41) is 20.1. The fourth-order valence-electron chi connectivity index (χ4n) is 3.24. The molecule has 0 saturated heterocycles. The molecule has 166 valence electrons. The number of carboxylic acids is 1. The molecular formula is C21H24N2O7S. The first kappa shape index (κ1) is 22.9. The summed E-state index contributed by atoms with van der Waals surface area (Å²) in [6.07, 6.45) is -1.02. The minimum Gasteiger partial charge on any atom is -0.480 e. The van der Waals surface area contributed by atoms with Crippen LogP contribution in [0, 0.1) is 6.92 Å². The largest absolute Gasteiger partial charge is 0.480 e. The maximum atomic E-state index is 13.0. The third kappa shape index (κ3) is 4.93. The minimum absolute atomic E-state index is 0.0902. The molecule has 0 radical (unpaired) electrons. The number of aliphatic carboxylic acids is 1. The molecule has 0 bridgehead atoms. The maximum Gasteiger partial charge on any atom is 0.332 e. The van der Waals surface area contributed by atoms with Crippen molar-refractivity contribution in [3.05, 3.63) is 67.2 Å². The molecule has 0 amide bonds. The van der Waals surface area contributed by atoms with Crippen molar-refractivity contribution < 1.29 is 24.5 Å². The van der Waals surface area contributed by atoms with Crippen LogP contribution in [-0.2, 0) is 34.0 Å². The fourth-order valence-corrected chi connectivity index (χ4v) is 4.48. The first-order chi connectivity index (χ1) is 14.8. The molecule has 2 aromatic heterocycles. The number of aliphatic hydroxyl groups is 1. The molecule has 3 aromatic rings. The van der Waals surface area contributed by atoms with E-state index in [4.69, 9.17) is 9.47 Å². The van der Waals surface area contributed by atoms with Gasteiger partial charge in [-0.15, -0.1) is 11.3 Å². The summed E-state index contributed by atoms with van der Waals surface area (Å²) in [5.74, 6) is -1.30. The highest BCUT2D eigenvalue weighted by atomic mass is 32.1. The van der Waals surface area contributed by atoms with Crippen molar-refractivity contribution in [2.24, 2.45) is 0 Å². The van der Waals surface area contributed by atoms with Crippen LogP contribution in [0.3, 0.4) is 0 Å². The Morgan fingerprint density at radius 1 is 1.16 bits per heavy atom. The highest BCUT2D eigenvalue weighted by Crippen LogP contribution is 2.29. The zero-order valence-corrected chi connectivity index (χ0v) is 18.1. The quantitative estimate of drug-likeness (QED) is 0.359. The number of carbonyl (C=O) groups is 1. The van der Waals surface area contributed by atoms with Crippen LogP contribution in [0.15, 0.2) is 39.9 Å². The molecule has 0 spiro atoms. The van der Waals surface area contributed by atoms with Gasteiger partial charge in [0.25, 0.3) is 5.56 Å². The van der Waals surface area contributed by atoms with E-state index < -0.39 is 29.9 Å². The zero-order chi connectivity index (χ0) is 22.5. The maximum absolute atomic E-state index is 13.0. The lowest BCUT2D eigenvalue weighted by Crippen LogP contribution is -2.42. The number of ether oxygens (including phenoxy) is 2. The Morgan fingerprint density at radius 3 is 2.52 bits per heavy atom. The van der Waals surface area contributed by atoms with E-state index in [-0.39, 0.29) is 25.3 Å². The van der Waals surface area contributed by atoms with Gasteiger partial charge >= 0.3 is 11.7 Å². The van der Waals surface area contributed by atoms with Crippen LogP contribution < -0.4 is 11.2 Å².